The number of allylic oxidation sites excluding steroid dienone is 1. The van der Waals surface area contributed by atoms with Gasteiger partial charge in [-0.2, -0.15) is 0 Å². The highest BCUT2D eigenvalue weighted by Gasteiger charge is 2.16. The lowest BCUT2D eigenvalue weighted by atomic mass is 10.1. The highest BCUT2D eigenvalue weighted by atomic mass is 35.5. The van der Waals surface area contributed by atoms with E-state index in [1.165, 1.54) is 11.8 Å². The van der Waals surface area contributed by atoms with E-state index >= 15 is 0 Å². The summed E-state index contributed by atoms with van der Waals surface area (Å²) in [7, 11) is 0. The molecule has 0 aliphatic rings. The molecular formula is C21H20Cl2N4OS. The highest BCUT2D eigenvalue weighted by Crippen LogP contribution is 2.28. The Labute approximate surface area is 184 Å². The molecule has 1 heterocycles. The van der Waals surface area contributed by atoms with Gasteiger partial charge in [0.1, 0.15) is 0 Å². The third-order valence-corrected chi connectivity index (χ3v) is 5.68. The van der Waals surface area contributed by atoms with E-state index in [0.717, 1.165) is 16.7 Å². The van der Waals surface area contributed by atoms with Gasteiger partial charge in [0.25, 0.3) is 0 Å². The predicted molar refractivity (Wildman–Crippen MR) is 121 cm³/mol. The van der Waals surface area contributed by atoms with Crippen LogP contribution in [0.5, 0.6) is 0 Å². The van der Waals surface area contributed by atoms with Gasteiger partial charge < -0.3 is 5.32 Å². The third-order valence-electron chi connectivity index (χ3n) is 4.16. The molecule has 5 nitrogen and oxygen atoms in total. The number of anilines is 1. The molecule has 0 aliphatic carbocycles. The van der Waals surface area contributed by atoms with Crippen molar-refractivity contribution in [3.05, 3.63) is 70.2 Å². The maximum atomic E-state index is 12.5. The van der Waals surface area contributed by atoms with Gasteiger partial charge in [0.2, 0.25) is 5.91 Å². The van der Waals surface area contributed by atoms with Crippen LogP contribution >= 0.6 is 35.0 Å². The molecule has 1 N–H and O–H groups in total. The molecule has 0 bridgehead atoms. The Hall–Kier alpha value is -2.28. The van der Waals surface area contributed by atoms with Crippen LogP contribution in [0.4, 0.5) is 5.69 Å². The fourth-order valence-corrected chi connectivity index (χ4v) is 4.12. The molecule has 2 aromatic carbocycles. The second-order valence-electron chi connectivity index (χ2n) is 6.49. The van der Waals surface area contributed by atoms with Gasteiger partial charge in [0.05, 0.1) is 16.5 Å². The minimum absolute atomic E-state index is 0.162. The van der Waals surface area contributed by atoms with E-state index in [-0.39, 0.29) is 11.7 Å². The lowest BCUT2D eigenvalue weighted by molar-refractivity contribution is -0.113. The molecule has 0 saturated carbocycles. The molecular weight excluding hydrogens is 427 g/mol. The Bertz CT molecular complexity index is 1020. The molecule has 29 heavy (non-hydrogen) atoms. The Kier molecular flexibility index (Phi) is 7.00. The Morgan fingerprint density at radius 3 is 2.59 bits per heavy atom. The van der Waals surface area contributed by atoms with E-state index in [4.69, 9.17) is 23.2 Å². The quantitative estimate of drug-likeness (QED) is 0.368. The van der Waals surface area contributed by atoms with Gasteiger partial charge in [-0.3, -0.25) is 9.36 Å². The second-order valence-corrected chi connectivity index (χ2v) is 8.27. The second kappa shape index (κ2) is 9.48. The minimum Gasteiger partial charge on any atom is -0.324 e. The van der Waals surface area contributed by atoms with Crippen molar-refractivity contribution in [3.63, 3.8) is 0 Å². The summed E-state index contributed by atoms with van der Waals surface area (Å²) in [5.41, 5.74) is 3.50. The van der Waals surface area contributed by atoms with Crippen LogP contribution in [0.2, 0.25) is 10.0 Å². The summed E-state index contributed by atoms with van der Waals surface area (Å²) in [4.78, 5) is 12.5. The molecule has 3 rings (SSSR count). The molecule has 1 aromatic heterocycles. The Balaban J connectivity index is 1.74. The first kappa shape index (κ1) is 21.4. The maximum Gasteiger partial charge on any atom is 0.234 e. The number of amides is 1. The Morgan fingerprint density at radius 1 is 1.21 bits per heavy atom. The molecule has 0 aliphatic heterocycles. The number of thioether (sulfide) groups is 1. The number of carbonyl (C=O) groups excluding carboxylic acids is 1. The van der Waals surface area contributed by atoms with Crippen LogP contribution in [-0.2, 0) is 11.3 Å². The first-order valence-corrected chi connectivity index (χ1v) is 10.6. The van der Waals surface area contributed by atoms with Crippen molar-refractivity contribution in [2.75, 3.05) is 11.1 Å². The van der Waals surface area contributed by atoms with Crippen molar-refractivity contribution in [1.29, 1.82) is 0 Å². The maximum absolute atomic E-state index is 12.5. The van der Waals surface area contributed by atoms with Crippen LogP contribution in [0.3, 0.4) is 0 Å². The molecule has 0 atom stereocenters. The number of nitrogens with zero attached hydrogens (tertiary/aromatic N) is 3. The SMILES string of the molecule is C=CCn1c(SCC(=O)Nc2c(C)cc(C)cc2Cl)nnc1-c1ccc(Cl)cc1. The molecule has 0 spiro atoms. The van der Waals surface area contributed by atoms with E-state index in [1.807, 2.05) is 42.7 Å². The zero-order valence-corrected chi connectivity index (χ0v) is 18.4. The number of hydrogen-bond acceptors (Lipinski definition) is 4. The van der Waals surface area contributed by atoms with Crippen molar-refractivity contribution < 1.29 is 4.79 Å². The average Bonchev–Trinajstić information content (AvgIpc) is 3.06. The molecule has 0 fully saturated rings. The first-order valence-electron chi connectivity index (χ1n) is 8.88. The van der Waals surface area contributed by atoms with Crippen LogP contribution in [0, 0.1) is 13.8 Å². The summed E-state index contributed by atoms with van der Waals surface area (Å²) < 4.78 is 1.91. The topological polar surface area (TPSA) is 59.8 Å². The number of benzene rings is 2. The van der Waals surface area contributed by atoms with Crippen LogP contribution in [-0.4, -0.2) is 26.4 Å². The van der Waals surface area contributed by atoms with Gasteiger partial charge in [-0.15, -0.1) is 16.8 Å². The number of aryl methyl sites for hydroxylation is 2. The van der Waals surface area contributed by atoms with Gasteiger partial charge in [0, 0.05) is 17.1 Å². The van der Waals surface area contributed by atoms with E-state index in [2.05, 4.69) is 22.1 Å². The lowest BCUT2D eigenvalue weighted by Crippen LogP contribution is -2.16. The third kappa shape index (κ3) is 5.21. The summed E-state index contributed by atoms with van der Waals surface area (Å²) in [5.74, 6) is 0.714. The van der Waals surface area contributed by atoms with Crippen LogP contribution in [0.15, 0.2) is 54.2 Å². The monoisotopic (exact) mass is 446 g/mol. The summed E-state index contributed by atoms with van der Waals surface area (Å²) >= 11 is 13.6. The van der Waals surface area contributed by atoms with Gasteiger partial charge >= 0.3 is 0 Å². The van der Waals surface area contributed by atoms with Crippen LogP contribution in [0.25, 0.3) is 11.4 Å². The molecule has 1 amide bonds. The van der Waals surface area contributed by atoms with Gasteiger partial charge in [0.15, 0.2) is 11.0 Å². The zero-order chi connectivity index (χ0) is 21.0. The molecule has 0 unspecified atom stereocenters. The summed E-state index contributed by atoms with van der Waals surface area (Å²) in [5, 5.41) is 13.2. The predicted octanol–water partition coefficient (Wildman–Crippen LogP) is 5.79. The average molecular weight is 447 g/mol. The van der Waals surface area contributed by atoms with E-state index in [1.54, 1.807) is 18.2 Å². The number of carbonyl (C=O) groups is 1. The highest BCUT2D eigenvalue weighted by molar-refractivity contribution is 7.99. The Morgan fingerprint density at radius 2 is 1.93 bits per heavy atom. The van der Waals surface area contributed by atoms with Crippen molar-refractivity contribution in [3.8, 4) is 11.4 Å². The summed E-state index contributed by atoms with van der Waals surface area (Å²) in [6.07, 6.45) is 1.77. The van der Waals surface area contributed by atoms with E-state index in [0.29, 0.717) is 33.3 Å². The van der Waals surface area contributed by atoms with Crippen molar-refractivity contribution in [2.24, 2.45) is 0 Å². The fraction of sp³-hybridized carbons (Fsp3) is 0.190. The smallest absolute Gasteiger partial charge is 0.234 e. The zero-order valence-electron chi connectivity index (χ0n) is 16.1. The normalized spacial score (nSPS) is 10.8. The van der Waals surface area contributed by atoms with E-state index < -0.39 is 0 Å². The van der Waals surface area contributed by atoms with E-state index in [9.17, 15) is 4.79 Å². The molecule has 0 radical (unpaired) electrons. The van der Waals surface area contributed by atoms with Crippen molar-refractivity contribution in [1.82, 2.24) is 14.8 Å². The lowest BCUT2D eigenvalue weighted by Gasteiger charge is -2.12. The molecule has 3 aromatic rings. The summed E-state index contributed by atoms with van der Waals surface area (Å²) in [6.45, 7) is 8.21. The van der Waals surface area contributed by atoms with Gasteiger partial charge in [-0.25, -0.2) is 0 Å². The van der Waals surface area contributed by atoms with Crippen LogP contribution < -0.4 is 5.32 Å². The van der Waals surface area contributed by atoms with Crippen molar-refractivity contribution >= 4 is 46.6 Å². The molecule has 150 valence electrons. The summed E-state index contributed by atoms with van der Waals surface area (Å²) in [6, 6.07) is 11.2. The minimum atomic E-state index is -0.162. The number of nitrogens with one attached hydrogen (secondary N) is 1. The van der Waals surface area contributed by atoms with Gasteiger partial charge in [-0.1, -0.05) is 47.1 Å². The fourth-order valence-electron chi connectivity index (χ4n) is 2.88. The number of aromatic nitrogens is 3. The number of halogens is 2. The largest absolute Gasteiger partial charge is 0.324 e. The molecule has 8 heteroatoms. The number of hydrogen-bond donors (Lipinski definition) is 1. The first-order chi connectivity index (χ1) is 13.9. The standard InChI is InChI=1S/C21H20Cl2N4OS/c1-4-9-27-20(15-5-7-16(22)8-6-15)25-26-21(27)29-12-18(28)24-19-14(3)10-13(2)11-17(19)23/h4-8,10-11H,1,9,12H2,2-3H3,(H,24,28). The molecule has 0 saturated heterocycles. The number of rotatable bonds is 7. The van der Waals surface area contributed by atoms with Crippen LogP contribution in [0.1, 0.15) is 11.1 Å². The van der Waals surface area contributed by atoms with Crippen molar-refractivity contribution in [2.45, 2.75) is 25.5 Å². The van der Waals surface area contributed by atoms with Gasteiger partial charge in [-0.05, 0) is 55.3 Å².